The standard InChI is InChI=1S/C14H17N3OS/c15-17-14(13-9-19-7-6-18-13)11-3-1-2-10-4-5-16-8-12(10)11/h1-5,8,13-14,17H,6-7,9,15H2. The van der Waals surface area contributed by atoms with Crippen LogP contribution in [-0.2, 0) is 4.74 Å². The average Bonchev–Trinajstić information content (AvgIpc) is 2.49. The minimum absolute atomic E-state index is 0.000648. The molecule has 1 fully saturated rings. The van der Waals surface area contributed by atoms with Crippen LogP contribution < -0.4 is 11.3 Å². The number of fused-ring (bicyclic) bond motifs is 1. The molecule has 0 amide bonds. The van der Waals surface area contributed by atoms with Gasteiger partial charge < -0.3 is 4.74 Å². The monoisotopic (exact) mass is 275 g/mol. The number of hydrazine groups is 1. The fraction of sp³-hybridized carbons (Fsp3) is 0.357. The Balaban J connectivity index is 2.00. The Morgan fingerprint density at radius 2 is 2.37 bits per heavy atom. The molecule has 0 saturated carbocycles. The van der Waals surface area contributed by atoms with Gasteiger partial charge in [0.1, 0.15) is 0 Å². The van der Waals surface area contributed by atoms with Crippen molar-refractivity contribution in [1.82, 2.24) is 10.4 Å². The highest BCUT2D eigenvalue weighted by Gasteiger charge is 2.26. The number of hydrogen-bond donors (Lipinski definition) is 2. The van der Waals surface area contributed by atoms with Gasteiger partial charge in [-0.15, -0.1) is 0 Å². The first kappa shape index (κ1) is 12.9. The van der Waals surface area contributed by atoms with Crippen molar-refractivity contribution >= 4 is 22.5 Å². The summed E-state index contributed by atoms with van der Waals surface area (Å²) >= 11 is 1.91. The SMILES string of the molecule is NNC(c1cccc2ccncc12)C1CSCCO1. The zero-order valence-corrected chi connectivity index (χ0v) is 11.4. The molecule has 100 valence electrons. The second kappa shape index (κ2) is 5.88. The molecule has 1 saturated heterocycles. The second-order valence-corrected chi connectivity index (χ2v) is 5.72. The molecule has 3 rings (SSSR count). The number of ether oxygens (including phenoxy) is 1. The molecule has 0 radical (unpaired) electrons. The van der Waals surface area contributed by atoms with Gasteiger partial charge in [-0.3, -0.25) is 16.3 Å². The fourth-order valence-corrected chi connectivity index (χ4v) is 3.41. The van der Waals surface area contributed by atoms with Crippen LogP contribution >= 0.6 is 11.8 Å². The van der Waals surface area contributed by atoms with Crippen LogP contribution in [-0.4, -0.2) is 29.2 Å². The van der Waals surface area contributed by atoms with Crippen molar-refractivity contribution in [3.05, 3.63) is 42.2 Å². The Morgan fingerprint density at radius 1 is 1.42 bits per heavy atom. The normalized spacial score (nSPS) is 21.4. The summed E-state index contributed by atoms with van der Waals surface area (Å²) in [4.78, 5) is 4.22. The number of thioether (sulfide) groups is 1. The Kier molecular flexibility index (Phi) is 3.98. The molecule has 2 aromatic rings. The van der Waals surface area contributed by atoms with Crippen LogP contribution in [0.3, 0.4) is 0 Å². The van der Waals surface area contributed by atoms with Gasteiger partial charge in [-0.1, -0.05) is 18.2 Å². The van der Waals surface area contributed by atoms with E-state index >= 15 is 0 Å². The number of benzene rings is 1. The van der Waals surface area contributed by atoms with E-state index in [0.29, 0.717) is 0 Å². The highest BCUT2D eigenvalue weighted by molar-refractivity contribution is 7.99. The molecule has 2 unspecified atom stereocenters. The first-order valence-electron chi connectivity index (χ1n) is 6.38. The topological polar surface area (TPSA) is 60.2 Å². The first-order chi connectivity index (χ1) is 9.40. The molecule has 1 aliphatic rings. The van der Waals surface area contributed by atoms with E-state index in [2.05, 4.69) is 28.6 Å². The zero-order chi connectivity index (χ0) is 13.1. The maximum absolute atomic E-state index is 5.85. The van der Waals surface area contributed by atoms with Crippen molar-refractivity contribution in [2.45, 2.75) is 12.1 Å². The van der Waals surface area contributed by atoms with E-state index in [-0.39, 0.29) is 12.1 Å². The predicted molar refractivity (Wildman–Crippen MR) is 78.9 cm³/mol. The lowest BCUT2D eigenvalue weighted by Crippen LogP contribution is -2.41. The van der Waals surface area contributed by atoms with E-state index in [1.165, 1.54) is 5.39 Å². The Labute approximate surface area is 116 Å². The van der Waals surface area contributed by atoms with Crippen LogP contribution in [0.2, 0.25) is 0 Å². The Bertz CT molecular complexity index is 552. The van der Waals surface area contributed by atoms with Crippen LogP contribution in [0.1, 0.15) is 11.6 Å². The molecule has 2 atom stereocenters. The van der Waals surface area contributed by atoms with Crippen LogP contribution in [0.4, 0.5) is 0 Å². The third-order valence-electron chi connectivity index (χ3n) is 3.45. The van der Waals surface area contributed by atoms with Crippen molar-refractivity contribution in [3.8, 4) is 0 Å². The number of nitrogens with zero attached hydrogens (tertiary/aromatic N) is 1. The molecular formula is C14H17N3OS. The summed E-state index contributed by atoms with van der Waals surface area (Å²) in [6.07, 6.45) is 3.81. The molecule has 2 heterocycles. The van der Waals surface area contributed by atoms with E-state index in [4.69, 9.17) is 10.6 Å². The second-order valence-electron chi connectivity index (χ2n) is 4.57. The highest BCUT2D eigenvalue weighted by Crippen LogP contribution is 2.29. The smallest absolute Gasteiger partial charge is 0.0873 e. The fourth-order valence-electron chi connectivity index (χ4n) is 2.50. The maximum atomic E-state index is 5.85. The minimum atomic E-state index is 0.000648. The molecule has 1 aromatic heterocycles. The van der Waals surface area contributed by atoms with Gasteiger partial charge >= 0.3 is 0 Å². The van der Waals surface area contributed by atoms with Gasteiger partial charge in [0, 0.05) is 29.3 Å². The molecule has 19 heavy (non-hydrogen) atoms. The van der Waals surface area contributed by atoms with Crippen LogP contribution in [0.5, 0.6) is 0 Å². The molecule has 4 nitrogen and oxygen atoms in total. The van der Waals surface area contributed by atoms with Gasteiger partial charge in [-0.05, 0) is 17.0 Å². The largest absolute Gasteiger partial charge is 0.374 e. The van der Waals surface area contributed by atoms with Crippen molar-refractivity contribution in [2.24, 2.45) is 5.84 Å². The van der Waals surface area contributed by atoms with Gasteiger partial charge in [-0.2, -0.15) is 11.8 Å². The Hall–Kier alpha value is -1.14. The Morgan fingerprint density at radius 3 is 3.16 bits per heavy atom. The summed E-state index contributed by atoms with van der Waals surface area (Å²) in [7, 11) is 0. The third-order valence-corrected chi connectivity index (χ3v) is 4.47. The number of nitrogens with one attached hydrogen (secondary N) is 1. The van der Waals surface area contributed by atoms with E-state index in [9.17, 15) is 0 Å². The lowest BCUT2D eigenvalue weighted by Gasteiger charge is -2.30. The first-order valence-corrected chi connectivity index (χ1v) is 7.54. The molecule has 1 aliphatic heterocycles. The summed E-state index contributed by atoms with van der Waals surface area (Å²) in [6, 6.07) is 8.25. The average molecular weight is 275 g/mol. The van der Waals surface area contributed by atoms with E-state index in [0.717, 1.165) is 29.1 Å². The van der Waals surface area contributed by atoms with E-state index < -0.39 is 0 Å². The van der Waals surface area contributed by atoms with Gasteiger partial charge in [0.2, 0.25) is 0 Å². The van der Waals surface area contributed by atoms with Gasteiger partial charge in [0.05, 0.1) is 18.8 Å². The quantitative estimate of drug-likeness (QED) is 0.661. The van der Waals surface area contributed by atoms with Crippen molar-refractivity contribution < 1.29 is 4.74 Å². The van der Waals surface area contributed by atoms with Crippen LogP contribution in [0.15, 0.2) is 36.7 Å². The number of rotatable bonds is 3. The summed E-state index contributed by atoms with van der Waals surface area (Å²) in [6.45, 7) is 0.788. The molecule has 0 aliphatic carbocycles. The summed E-state index contributed by atoms with van der Waals surface area (Å²) in [5.74, 6) is 7.79. The number of hydrogen-bond acceptors (Lipinski definition) is 5. The van der Waals surface area contributed by atoms with Gasteiger partial charge in [-0.25, -0.2) is 0 Å². The van der Waals surface area contributed by atoms with Crippen LogP contribution in [0.25, 0.3) is 10.8 Å². The van der Waals surface area contributed by atoms with E-state index in [1.54, 1.807) is 0 Å². The summed E-state index contributed by atoms with van der Waals surface area (Å²) < 4.78 is 5.85. The van der Waals surface area contributed by atoms with Crippen LogP contribution in [0, 0.1) is 0 Å². The lowest BCUT2D eigenvalue weighted by molar-refractivity contribution is 0.0471. The minimum Gasteiger partial charge on any atom is -0.374 e. The van der Waals surface area contributed by atoms with E-state index in [1.807, 2.05) is 30.2 Å². The summed E-state index contributed by atoms with van der Waals surface area (Å²) in [5.41, 5.74) is 4.07. The molecule has 1 aromatic carbocycles. The van der Waals surface area contributed by atoms with Gasteiger partial charge in [0.15, 0.2) is 0 Å². The predicted octanol–water partition coefficient (Wildman–Crippen LogP) is 1.87. The van der Waals surface area contributed by atoms with Crippen molar-refractivity contribution in [3.63, 3.8) is 0 Å². The summed E-state index contributed by atoms with van der Waals surface area (Å²) in [5, 5.41) is 2.31. The molecule has 0 spiro atoms. The third kappa shape index (κ3) is 2.60. The molecular weight excluding hydrogens is 258 g/mol. The molecule has 5 heteroatoms. The highest BCUT2D eigenvalue weighted by atomic mass is 32.2. The number of aromatic nitrogens is 1. The van der Waals surface area contributed by atoms with Gasteiger partial charge in [0.25, 0.3) is 0 Å². The maximum Gasteiger partial charge on any atom is 0.0873 e. The zero-order valence-electron chi connectivity index (χ0n) is 10.6. The van der Waals surface area contributed by atoms with Crippen molar-refractivity contribution in [2.75, 3.05) is 18.1 Å². The number of pyridine rings is 1. The molecule has 0 bridgehead atoms. The lowest BCUT2D eigenvalue weighted by atomic mass is 9.97. The molecule has 3 N–H and O–H groups in total. The van der Waals surface area contributed by atoms with Crippen molar-refractivity contribution in [1.29, 1.82) is 0 Å². The number of nitrogens with two attached hydrogens (primary N) is 1.